The first-order valence-electron chi connectivity index (χ1n) is 10.3. The van der Waals surface area contributed by atoms with Gasteiger partial charge >= 0.3 is 0 Å². The summed E-state index contributed by atoms with van der Waals surface area (Å²) in [6.45, 7) is 2.25. The molecule has 0 aliphatic carbocycles. The van der Waals surface area contributed by atoms with Crippen molar-refractivity contribution in [2.75, 3.05) is 6.61 Å². The summed E-state index contributed by atoms with van der Waals surface area (Å²) >= 11 is 7.82. The summed E-state index contributed by atoms with van der Waals surface area (Å²) < 4.78 is 27.7. The summed E-state index contributed by atoms with van der Waals surface area (Å²) in [7, 11) is 0. The van der Waals surface area contributed by atoms with Gasteiger partial charge in [-0.1, -0.05) is 53.3 Å². The molecule has 5 nitrogen and oxygen atoms in total. The highest BCUT2D eigenvalue weighted by Crippen LogP contribution is 2.37. The maximum Gasteiger partial charge on any atom is 0.274 e. The van der Waals surface area contributed by atoms with Crippen molar-refractivity contribution in [3.8, 4) is 11.5 Å². The molecule has 8 heteroatoms. The number of fused-ring (bicyclic) bond motifs is 3. The maximum atomic E-state index is 14.0. The van der Waals surface area contributed by atoms with Gasteiger partial charge in [-0.15, -0.1) is 0 Å². The number of imidazole rings is 1. The Bertz CT molecular complexity index is 1600. The van der Waals surface area contributed by atoms with Crippen LogP contribution in [0.4, 0.5) is 4.39 Å². The van der Waals surface area contributed by atoms with E-state index in [0.717, 1.165) is 11.0 Å². The van der Waals surface area contributed by atoms with E-state index in [1.807, 2.05) is 31.2 Å². The zero-order valence-electron chi connectivity index (χ0n) is 17.5. The molecule has 0 unspecified atom stereocenters. The smallest absolute Gasteiger partial charge is 0.274 e. The monoisotopic (exact) mass is 480 g/mol. The van der Waals surface area contributed by atoms with E-state index in [0.29, 0.717) is 43.7 Å². The van der Waals surface area contributed by atoms with Crippen LogP contribution in [0.2, 0.25) is 5.02 Å². The zero-order valence-corrected chi connectivity index (χ0v) is 19.1. The van der Waals surface area contributed by atoms with Crippen LogP contribution in [0.1, 0.15) is 18.1 Å². The van der Waals surface area contributed by atoms with Gasteiger partial charge in [-0.3, -0.25) is 4.79 Å². The second kappa shape index (κ2) is 8.84. The molecule has 0 aliphatic heterocycles. The lowest BCUT2D eigenvalue weighted by Gasteiger charge is -2.14. The number of hydrogen-bond acceptors (Lipinski definition) is 5. The van der Waals surface area contributed by atoms with E-state index >= 15 is 0 Å². The van der Waals surface area contributed by atoms with Crippen molar-refractivity contribution < 1.29 is 13.9 Å². The summed E-state index contributed by atoms with van der Waals surface area (Å²) in [4.78, 5) is 18.2. The predicted octanol–water partition coefficient (Wildman–Crippen LogP) is 5.23. The fourth-order valence-corrected chi connectivity index (χ4v) is 4.86. The lowest BCUT2D eigenvalue weighted by molar-refractivity contribution is 0.266. The van der Waals surface area contributed by atoms with Gasteiger partial charge in [-0.25, -0.2) is 13.8 Å². The summed E-state index contributed by atoms with van der Waals surface area (Å²) in [5.74, 6) is 0.398. The number of thiazole rings is 1. The van der Waals surface area contributed by atoms with Gasteiger partial charge in [0.25, 0.3) is 5.56 Å². The van der Waals surface area contributed by atoms with Crippen molar-refractivity contribution in [1.82, 2.24) is 9.38 Å². The van der Waals surface area contributed by atoms with Crippen LogP contribution in [-0.4, -0.2) is 16.0 Å². The first kappa shape index (κ1) is 21.4. The number of rotatable bonds is 6. The third kappa shape index (κ3) is 4.05. The van der Waals surface area contributed by atoms with E-state index in [1.165, 1.54) is 17.4 Å². The Labute approximate surface area is 197 Å². The third-order valence-corrected chi connectivity index (χ3v) is 6.35. The Morgan fingerprint density at radius 1 is 1.12 bits per heavy atom. The van der Waals surface area contributed by atoms with Crippen molar-refractivity contribution in [1.29, 1.82) is 0 Å². The number of para-hydroxylation sites is 2. The van der Waals surface area contributed by atoms with Gasteiger partial charge < -0.3 is 9.47 Å². The molecule has 0 N–H and O–H groups in total. The van der Waals surface area contributed by atoms with Crippen molar-refractivity contribution in [3.63, 3.8) is 0 Å². The number of aromatic nitrogens is 2. The molecule has 0 radical (unpaired) electrons. The molecule has 2 aromatic heterocycles. The molecular weight excluding hydrogens is 463 g/mol. The minimum Gasteiger partial charge on any atom is -0.490 e. The van der Waals surface area contributed by atoms with Gasteiger partial charge in [0.15, 0.2) is 16.5 Å². The molecule has 5 rings (SSSR count). The number of nitrogens with zero attached hydrogens (tertiary/aromatic N) is 2. The van der Waals surface area contributed by atoms with Crippen LogP contribution in [0, 0.1) is 5.82 Å². The molecule has 0 fully saturated rings. The summed E-state index contributed by atoms with van der Waals surface area (Å²) in [5, 5.41) is 0.308. The molecule has 0 bridgehead atoms. The number of benzene rings is 3. The highest BCUT2D eigenvalue weighted by atomic mass is 35.5. The first-order valence-corrected chi connectivity index (χ1v) is 11.5. The topological polar surface area (TPSA) is 52.8 Å². The van der Waals surface area contributed by atoms with Crippen molar-refractivity contribution in [3.05, 3.63) is 97.5 Å². The van der Waals surface area contributed by atoms with Crippen LogP contribution in [0.3, 0.4) is 0 Å². The highest BCUT2D eigenvalue weighted by Gasteiger charge is 2.15. The molecule has 0 atom stereocenters. The van der Waals surface area contributed by atoms with E-state index in [2.05, 4.69) is 4.98 Å². The Kier molecular flexibility index (Phi) is 5.74. The van der Waals surface area contributed by atoms with Crippen molar-refractivity contribution >= 4 is 45.0 Å². The predicted molar refractivity (Wildman–Crippen MR) is 129 cm³/mol. The second-order valence-corrected chi connectivity index (χ2v) is 8.69. The average Bonchev–Trinajstić information content (AvgIpc) is 3.30. The van der Waals surface area contributed by atoms with Gasteiger partial charge in [0.2, 0.25) is 0 Å². The minimum atomic E-state index is -0.352. The van der Waals surface area contributed by atoms with E-state index in [9.17, 15) is 9.18 Å². The Balaban J connectivity index is 1.54. The molecule has 5 aromatic rings. The van der Waals surface area contributed by atoms with Crippen LogP contribution in [0.25, 0.3) is 22.1 Å². The van der Waals surface area contributed by atoms with Crippen LogP contribution < -0.4 is 19.6 Å². The molecule has 3 aromatic carbocycles. The fourth-order valence-electron chi connectivity index (χ4n) is 3.60. The highest BCUT2D eigenvalue weighted by molar-refractivity contribution is 7.15. The standard InChI is InChI=1S/C25H18ClFN2O3S/c1-2-31-21-12-15(11-17(26)23(21)32-14-16-7-3-4-8-18(16)27)13-22-24(30)29-20-10-6-5-9-19(20)28-25(29)33-22/h3-13H,2,14H2,1H3/b22-13-. The zero-order chi connectivity index (χ0) is 22.9. The molecule has 2 heterocycles. The molecule has 0 aliphatic rings. The summed E-state index contributed by atoms with van der Waals surface area (Å²) in [6, 6.07) is 17.4. The third-order valence-electron chi connectivity index (χ3n) is 5.10. The normalized spacial score (nSPS) is 12.0. The SMILES string of the molecule is CCOc1cc(/C=c2\sc3nc4ccccc4n3c2=O)cc(Cl)c1OCc1ccccc1F. The molecule has 0 saturated heterocycles. The minimum absolute atomic E-state index is 0.00936. The van der Waals surface area contributed by atoms with Crippen LogP contribution >= 0.6 is 22.9 Å². The largest absolute Gasteiger partial charge is 0.490 e. The molecule has 0 spiro atoms. The molecule has 166 valence electrons. The average molecular weight is 481 g/mol. The summed E-state index contributed by atoms with van der Waals surface area (Å²) in [5.41, 5.74) is 2.52. The van der Waals surface area contributed by atoms with E-state index < -0.39 is 0 Å². The maximum absolute atomic E-state index is 14.0. The van der Waals surface area contributed by atoms with Crippen molar-refractivity contribution in [2.24, 2.45) is 0 Å². The Hall–Kier alpha value is -3.42. The quantitative estimate of drug-likeness (QED) is 0.334. The number of ether oxygens (including phenoxy) is 2. The van der Waals surface area contributed by atoms with Crippen LogP contribution in [0.5, 0.6) is 11.5 Å². The van der Waals surface area contributed by atoms with Gasteiger partial charge in [0.05, 0.1) is 27.2 Å². The van der Waals surface area contributed by atoms with Gasteiger partial charge in [0.1, 0.15) is 12.4 Å². The van der Waals surface area contributed by atoms with E-state index in [1.54, 1.807) is 40.8 Å². The fraction of sp³-hybridized carbons (Fsp3) is 0.120. The first-order chi connectivity index (χ1) is 16.0. The Morgan fingerprint density at radius 2 is 1.91 bits per heavy atom. The van der Waals surface area contributed by atoms with Crippen molar-refractivity contribution in [2.45, 2.75) is 13.5 Å². The molecule has 0 saturated carbocycles. The van der Waals surface area contributed by atoms with E-state index in [-0.39, 0.29) is 18.0 Å². The second-order valence-electron chi connectivity index (χ2n) is 7.28. The van der Waals surface area contributed by atoms with E-state index in [4.69, 9.17) is 21.1 Å². The lowest BCUT2D eigenvalue weighted by Crippen LogP contribution is -2.22. The van der Waals surface area contributed by atoms with Crippen LogP contribution in [0.15, 0.2) is 65.5 Å². The molecule has 0 amide bonds. The van der Waals surface area contributed by atoms with Gasteiger partial charge in [-0.05, 0) is 48.9 Å². The lowest BCUT2D eigenvalue weighted by atomic mass is 10.2. The van der Waals surface area contributed by atoms with Crippen LogP contribution in [-0.2, 0) is 6.61 Å². The van der Waals surface area contributed by atoms with Gasteiger partial charge in [-0.2, -0.15) is 0 Å². The molecular formula is C25H18ClFN2O3S. The van der Waals surface area contributed by atoms with Gasteiger partial charge in [0, 0.05) is 5.56 Å². The Morgan fingerprint density at radius 3 is 2.73 bits per heavy atom. The number of hydrogen-bond donors (Lipinski definition) is 0. The molecule has 33 heavy (non-hydrogen) atoms. The number of halogens is 2. The summed E-state index contributed by atoms with van der Waals surface area (Å²) in [6.07, 6.45) is 1.76.